The lowest BCUT2D eigenvalue weighted by Crippen LogP contribution is -2.42. The number of hydrogen-bond donors (Lipinski definition) is 2. The van der Waals surface area contributed by atoms with Crippen molar-refractivity contribution < 1.29 is 4.79 Å². The van der Waals surface area contributed by atoms with Gasteiger partial charge in [-0.3, -0.25) is 4.79 Å². The van der Waals surface area contributed by atoms with Crippen LogP contribution in [-0.2, 0) is 4.79 Å². The van der Waals surface area contributed by atoms with Crippen LogP contribution in [0.5, 0.6) is 0 Å². The van der Waals surface area contributed by atoms with Gasteiger partial charge >= 0.3 is 0 Å². The topological polar surface area (TPSA) is 41.1 Å². The van der Waals surface area contributed by atoms with Gasteiger partial charge in [-0.2, -0.15) is 0 Å². The highest BCUT2D eigenvalue weighted by atomic mass is 16.1. The monoisotopic (exact) mass is 236 g/mol. The number of nitrogens with one attached hydrogen (secondary N) is 2. The first-order valence-corrected chi connectivity index (χ1v) is 6.88. The number of carbonyl (C=O) groups excluding carboxylic acids is 1. The van der Waals surface area contributed by atoms with Crippen molar-refractivity contribution in [3.63, 3.8) is 0 Å². The van der Waals surface area contributed by atoms with Crippen LogP contribution in [0.25, 0.3) is 0 Å². The summed E-state index contributed by atoms with van der Waals surface area (Å²) in [6.45, 7) is 6.00. The Morgan fingerprint density at radius 3 is 2.59 bits per heavy atom. The Balaban J connectivity index is 1.92. The van der Waals surface area contributed by atoms with Gasteiger partial charge in [0.1, 0.15) is 0 Å². The SMILES string of the molecule is CC(C(=O)NC1CCCCCC1C)=C1CNC1. The smallest absolute Gasteiger partial charge is 0.247 e. The number of hydrogen-bond acceptors (Lipinski definition) is 2. The molecule has 2 N–H and O–H groups in total. The van der Waals surface area contributed by atoms with Gasteiger partial charge in [0.25, 0.3) is 0 Å². The average Bonchev–Trinajstić information content (AvgIpc) is 2.42. The minimum absolute atomic E-state index is 0.153. The van der Waals surface area contributed by atoms with E-state index in [9.17, 15) is 4.79 Å². The van der Waals surface area contributed by atoms with E-state index in [2.05, 4.69) is 17.6 Å². The molecule has 1 saturated heterocycles. The zero-order valence-electron chi connectivity index (χ0n) is 11.0. The van der Waals surface area contributed by atoms with Crippen molar-refractivity contribution in [3.8, 4) is 0 Å². The predicted octanol–water partition coefficient (Wildman–Crippen LogP) is 1.99. The van der Waals surface area contributed by atoms with Crippen LogP contribution < -0.4 is 10.6 Å². The van der Waals surface area contributed by atoms with E-state index < -0.39 is 0 Å². The van der Waals surface area contributed by atoms with Gasteiger partial charge in [0.2, 0.25) is 5.91 Å². The molecule has 2 rings (SSSR count). The molecule has 0 spiro atoms. The second-order valence-electron chi connectivity index (χ2n) is 5.53. The molecular weight excluding hydrogens is 212 g/mol. The van der Waals surface area contributed by atoms with Crippen molar-refractivity contribution in [1.29, 1.82) is 0 Å². The summed E-state index contributed by atoms with van der Waals surface area (Å²) in [7, 11) is 0. The van der Waals surface area contributed by atoms with Crippen LogP contribution in [0, 0.1) is 5.92 Å². The van der Waals surface area contributed by atoms with Crippen molar-refractivity contribution in [2.75, 3.05) is 13.1 Å². The molecule has 0 aromatic heterocycles. The van der Waals surface area contributed by atoms with E-state index in [4.69, 9.17) is 0 Å². The number of amides is 1. The molecule has 1 amide bonds. The summed E-state index contributed by atoms with van der Waals surface area (Å²) in [5, 5.41) is 6.41. The maximum absolute atomic E-state index is 12.1. The van der Waals surface area contributed by atoms with Crippen LogP contribution in [0.4, 0.5) is 0 Å². The summed E-state index contributed by atoms with van der Waals surface area (Å²) in [6.07, 6.45) is 6.29. The lowest BCUT2D eigenvalue weighted by Gasteiger charge is -2.26. The van der Waals surface area contributed by atoms with Gasteiger partial charge in [0.15, 0.2) is 0 Å². The molecule has 3 nitrogen and oxygen atoms in total. The third-order valence-corrected chi connectivity index (χ3v) is 4.23. The second-order valence-corrected chi connectivity index (χ2v) is 5.53. The molecule has 3 heteroatoms. The first kappa shape index (κ1) is 12.6. The first-order chi connectivity index (χ1) is 8.18. The fourth-order valence-electron chi connectivity index (χ4n) is 2.66. The van der Waals surface area contributed by atoms with Gasteiger partial charge in [0.05, 0.1) is 0 Å². The normalized spacial score (nSPS) is 29.2. The molecule has 0 aromatic rings. The van der Waals surface area contributed by atoms with E-state index in [1.165, 1.54) is 31.3 Å². The van der Waals surface area contributed by atoms with E-state index >= 15 is 0 Å². The molecule has 1 aliphatic heterocycles. The largest absolute Gasteiger partial charge is 0.349 e. The summed E-state index contributed by atoms with van der Waals surface area (Å²) >= 11 is 0. The molecule has 96 valence electrons. The van der Waals surface area contributed by atoms with Crippen LogP contribution in [0.1, 0.15) is 46.0 Å². The van der Waals surface area contributed by atoms with Crippen molar-refractivity contribution in [1.82, 2.24) is 10.6 Å². The summed E-state index contributed by atoms with van der Waals surface area (Å²) in [5.41, 5.74) is 2.20. The van der Waals surface area contributed by atoms with Crippen LogP contribution in [0.15, 0.2) is 11.1 Å². The highest BCUT2D eigenvalue weighted by molar-refractivity contribution is 5.94. The van der Waals surface area contributed by atoms with Crippen LogP contribution in [-0.4, -0.2) is 25.0 Å². The molecular formula is C14H24N2O. The Bertz CT molecular complexity index is 316. The predicted molar refractivity (Wildman–Crippen MR) is 69.7 cm³/mol. The summed E-state index contributed by atoms with van der Waals surface area (Å²) in [4.78, 5) is 12.1. The molecule has 1 heterocycles. The van der Waals surface area contributed by atoms with E-state index in [0.29, 0.717) is 12.0 Å². The fraction of sp³-hybridized carbons (Fsp3) is 0.786. The Morgan fingerprint density at radius 1 is 1.24 bits per heavy atom. The van der Waals surface area contributed by atoms with Gasteiger partial charge in [-0.1, -0.05) is 26.2 Å². The van der Waals surface area contributed by atoms with Crippen molar-refractivity contribution in [2.45, 2.75) is 52.0 Å². The van der Waals surface area contributed by atoms with Gasteiger partial charge in [0, 0.05) is 24.7 Å². The van der Waals surface area contributed by atoms with Crippen molar-refractivity contribution >= 4 is 5.91 Å². The number of rotatable bonds is 2. The van der Waals surface area contributed by atoms with E-state index in [0.717, 1.165) is 25.1 Å². The molecule has 0 aromatic carbocycles. The second kappa shape index (κ2) is 5.67. The molecule has 2 fully saturated rings. The van der Waals surface area contributed by atoms with E-state index in [1.54, 1.807) is 0 Å². The van der Waals surface area contributed by atoms with Crippen molar-refractivity contribution in [2.24, 2.45) is 5.92 Å². The molecule has 2 aliphatic rings. The Kier molecular flexibility index (Phi) is 4.21. The summed E-state index contributed by atoms with van der Waals surface area (Å²) in [6, 6.07) is 0.383. The zero-order valence-corrected chi connectivity index (χ0v) is 11.0. The van der Waals surface area contributed by atoms with Crippen LogP contribution in [0.3, 0.4) is 0 Å². The molecule has 0 bridgehead atoms. The fourth-order valence-corrected chi connectivity index (χ4v) is 2.66. The van der Waals surface area contributed by atoms with Gasteiger partial charge in [-0.05, 0) is 31.3 Å². The van der Waals surface area contributed by atoms with Gasteiger partial charge in [-0.25, -0.2) is 0 Å². The molecule has 17 heavy (non-hydrogen) atoms. The van der Waals surface area contributed by atoms with Crippen LogP contribution >= 0.6 is 0 Å². The maximum atomic E-state index is 12.1. The van der Waals surface area contributed by atoms with Crippen molar-refractivity contribution in [3.05, 3.63) is 11.1 Å². The average molecular weight is 236 g/mol. The summed E-state index contributed by atoms with van der Waals surface area (Å²) < 4.78 is 0. The molecule has 0 radical (unpaired) electrons. The summed E-state index contributed by atoms with van der Waals surface area (Å²) in [5.74, 6) is 0.777. The highest BCUT2D eigenvalue weighted by Crippen LogP contribution is 2.23. The molecule has 2 atom stereocenters. The molecule has 1 saturated carbocycles. The Hall–Kier alpha value is -0.830. The molecule has 1 aliphatic carbocycles. The Morgan fingerprint density at radius 2 is 1.94 bits per heavy atom. The minimum atomic E-state index is 0.153. The highest BCUT2D eigenvalue weighted by Gasteiger charge is 2.23. The van der Waals surface area contributed by atoms with Gasteiger partial charge < -0.3 is 10.6 Å². The third-order valence-electron chi connectivity index (χ3n) is 4.23. The third kappa shape index (κ3) is 3.09. The number of carbonyl (C=O) groups is 1. The van der Waals surface area contributed by atoms with Gasteiger partial charge in [-0.15, -0.1) is 0 Å². The lowest BCUT2D eigenvalue weighted by molar-refractivity contribution is -0.118. The van der Waals surface area contributed by atoms with E-state index in [1.807, 2.05) is 6.92 Å². The standard InChI is InChI=1S/C14H24N2O/c1-10-6-4-3-5-7-13(10)16-14(17)11(2)12-8-15-9-12/h10,13,15H,3-9H2,1-2H3,(H,16,17). The quantitative estimate of drug-likeness (QED) is 0.568. The molecule has 2 unspecified atom stereocenters. The van der Waals surface area contributed by atoms with Crippen LogP contribution in [0.2, 0.25) is 0 Å². The lowest BCUT2D eigenvalue weighted by atomic mass is 9.96. The minimum Gasteiger partial charge on any atom is -0.349 e. The van der Waals surface area contributed by atoms with E-state index in [-0.39, 0.29) is 5.91 Å². The maximum Gasteiger partial charge on any atom is 0.247 e. The Labute approximate surface area is 104 Å². The zero-order chi connectivity index (χ0) is 12.3. The first-order valence-electron chi connectivity index (χ1n) is 6.88.